The molecule has 112 valence electrons. The molecule has 0 radical (unpaired) electrons. The highest BCUT2D eigenvalue weighted by Gasteiger charge is 2.44. The van der Waals surface area contributed by atoms with Gasteiger partial charge < -0.3 is 10.6 Å². The number of hydrogen-bond acceptors (Lipinski definition) is 2. The summed E-state index contributed by atoms with van der Waals surface area (Å²) in [4.78, 5) is 15.2. The molecular weight excluding hydrogens is 260 g/mol. The third kappa shape index (κ3) is 2.23. The Kier molecular flexibility index (Phi) is 2.98. The molecule has 2 unspecified atom stereocenters. The van der Waals surface area contributed by atoms with Gasteiger partial charge in [-0.2, -0.15) is 0 Å². The van der Waals surface area contributed by atoms with Crippen LogP contribution in [0, 0.1) is 24.7 Å². The van der Waals surface area contributed by atoms with Crippen LogP contribution in [0.5, 0.6) is 0 Å². The second-order valence-electron chi connectivity index (χ2n) is 7.46. The van der Waals surface area contributed by atoms with Crippen molar-refractivity contribution < 1.29 is 4.79 Å². The molecule has 0 spiro atoms. The molecule has 4 bridgehead atoms. The predicted molar refractivity (Wildman–Crippen MR) is 84.0 cm³/mol. The smallest absolute Gasteiger partial charge is 0.254 e. The van der Waals surface area contributed by atoms with Crippen molar-refractivity contribution in [3.05, 3.63) is 29.3 Å². The van der Waals surface area contributed by atoms with Crippen molar-refractivity contribution in [1.29, 1.82) is 0 Å². The van der Waals surface area contributed by atoms with Gasteiger partial charge in [0.15, 0.2) is 0 Å². The van der Waals surface area contributed by atoms with Crippen LogP contribution in [0.15, 0.2) is 18.2 Å². The highest BCUT2D eigenvalue weighted by atomic mass is 16.2. The van der Waals surface area contributed by atoms with Crippen LogP contribution in [0.1, 0.15) is 48.0 Å². The molecule has 2 heterocycles. The molecule has 2 aliphatic heterocycles. The molecule has 2 N–H and O–H groups in total. The summed E-state index contributed by atoms with van der Waals surface area (Å²) in [6.07, 6.45) is 6.53. The summed E-state index contributed by atoms with van der Waals surface area (Å²) in [7, 11) is 0. The van der Waals surface area contributed by atoms with Gasteiger partial charge in [0.1, 0.15) is 0 Å². The fourth-order valence-corrected chi connectivity index (χ4v) is 5.06. The van der Waals surface area contributed by atoms with Gasteiger partial charge in [-0.05, 0) is 74.5 Å². The first-order valence-corrected chi connectivity index (χ1v) is 8.27. The molecule has 4 fully saturated rings. The number of anilines is 1. The topological polar surface area (TPSA) is 46.3 Å². The predicted octanol–water partition coefficient (Wildman–Crippen LogP) is 3.23. The summed E-state index contributed by atoms with van der Waals surface area (Å²) in [5, 5.41) is 0. The lowest BCUT2D eigenvalue weighted by Crippen LogP contribution is -2.42. The minimum atomic E-state index is 0.206. The van der Waals surface area contributed by atoms with Crippen LogP contribution in [-0.4, -0.2) is 23.4 Å². The standard InChI is InChI=1S/C18H24N2O/c1-11-2-3-15(19)9-17(11)18(21)20-10-14-5-12-4-13(6-14)8-16(20)7-12/h2-3,9,12-14,16H,4-8,10,19H2,1H3. The van der Waals surface area contributed by atoms with Crippen molar-refractivity contribution in [3.63, 3.8) is 0 Å². The second-order valence-corrected chi connectivity index (χ2v) is 7.46. The number of rotatable bonds is 1. The molecule has 2 saturated carbocycles. The molecule has 1 aromatic rings. The monoisotopic (exact) mass is 284 g/mol. The van der Waals surface area contributed by atoms with Gasteiger partial charge in [-0.3, -0.25) is 4.79 Å². The largest absolute Gasteiger partial charge is 0.399 e. The lowest BCUT2D eigenvalue weighted by molar-refractivity contribution is 0.0632. The Morgan fingerprint density at radius 3 is 2.48 bits per heavy atom. The summed E-state index contributed by atoms with van der Waals surface area (Å²) in [6.45, 7) is 2.97. The summed E-state index contributed by atoms with van der Waals surface area (Å²) in [5.41, 5.74) is 8.42. The van der Waals surface area contributed by atoms with Crippen LogP contribution in [-0.2, 0) is 0 Å². The van der Waals surface area contributed by atoms with E-state index in [1.54, 1.807) is 0 Å². The fourth-order valence-electron chi connectivity index (χ4n) is 5.06. The SMILES string of the molecule is Cc1ccc(N)cc1C(=O)N1CC2CC3CC(C2)CC1C3. The van der Waals surface area contributed by atoms with E-state index in [-0.39, 0.29) is 5.91 Å². The number of aryl methyl sites for hydroxylation is 1. The number of carbonyl (C=O) groups excluding carboxylic acids is 1. The first kappa shape index (κ1) is 13.2. The molecule has 2 saturated heterocycles. The van der Waals surface area contributed by atoms with E-state index in [1.807, 2.05) is 25.1 Å². The van der Waals surface area contributed by atoms with Crippen LogP contribution < -0.4 is 5.73 Å². The Balaban J connectivity index is 1.66. The maximum atomic E-state index is 13.1. The van der Waals surface area contributed by atoms with Crippen molar-refractivity contribution in [2.45, 2.75) is 45.1 Å². The molecular formula is C18H24N2O. The fraction of sp³-hybridized carbons (Fsp3) is 0.611. The normalized spacial score (nSPS) is 34.0. The van der Waals surface area contributed by atoms with Crippen molar-refractivity contribution in [3.8, 4) is 0 Å². The van der Waals surface area contributed by atoms with E-state index in [4.69, 9.17) is 5.73 Å². The maximum absolute atomic E-state index is 13.1. The van der Waals surface area contributed by atoms with E-state index in [0.29, 0.717) is 11.7 Å². The van der Waals surface area contributed by atoms with Crippen LogP contribution in [0.3, 0.4) is 0 Å². The van der Waals surface area contributed by atoms with Gasteiger partial charge >= 0.3 is 0 Å². The second kappa shape index (κ2) is 4.75. The van der Waals surface area contributed by atoms with Gasteiger partial charge in [0.05, 0.1) is 0 Å². The van der Waals surface area contributed by atoms with Gasteiger partial charge in [-0.15, -0.1) is 0 Å². The van der Waals surface area contributed by atoms with E-state index in [1.165, 1.54) is 32.1 Å². The Bertz CT molecular complexity index is 569. The van der Waals surface area contributed by atoms with E-state index >= 15 is 0 Å². The minimum absolute atomic E-state index is 0.206. The maximum Gasteiger partial charge on any atom is 0.254 e. The number of nitrogen functional groups attached to an aromatic ring is 1. The van der Waals surface area contributed by atoms with E-state index < -0.39 is 0 Å². The third-order valence-electron chi connectivity index (χ3n) is 5.86. The van der Waals surface area contributed by atoms with Crippen molar-refractivity contribution >= 4 is 11.6 Å². The third-order valence-corrected chi connectivity index (χ3v) is 5.86. The number of amides is 1. The first-order valence-electron chi connectivity index (χ1n) is 8.27. The molecule has 21 heavy (non-hydrogen) atoms. The number of hydrogen-bond donors (Lipinski definition) is 1. The van der Waals surface area contributed by atoms with Crippen LogP contribution in [0.4, 0.5) is 5.69 Å². The first-order chi connectivity index (χ1) is 10.1. The summed E-state index contributed by atoms with van der Waals surface area (Å²) >= 11 is 0. The molecule has 4 aliphatic rings. The average Bonchev–Trinajstić information content (AvgIpc) is 2.65. The Labute approximate surface area is 126 Å². The highest BCUT2D eigenvalue weighted by molar-refractivity contribution is 5.96. The van der Waals surface area contributed by atoms with Crippen LogP contribution in [0.2, 0.25) is 0 Å². The van der Waals surface area contributed by atoms with Gasteiger partial charge in [0.25, 0.3) is 5.91 Å². The Morgan fingerprint density at radius 1 is 1.10 bits per heavy atom. The lowest BCUT2D eigenvalue weighted by atomic mass is 9.68. The molecule has 2 atom stereocenters. The minimum Gasteiger partial charge on any atom is -0.399 e. The van der Waals surface area contributed by atoms with Crippen molar-refractivity contribution in [2.24, 2.45) is 17.8 Å². The van der Waals surface area contributed by atoms with E-state index in [0.717, 1.165) is 35.4 Å². The zero-order chi connectivity index (χ0) is 14.6. The quantitative estimate of drug-likeness (QED) is 0.805. The number of carbonyl (C=O) groups is 1. The molecule has 2 aliphatic carbocycles. The van der Waals surface area contributed by atoms with Crippen LogP contribution in [0.25, 0.3) is 0 Å². The van der Waals surface area contributed by atoms with E-state index in [2.05, 4.69) is 4.90 Å². The van der Waals surface area contributed by atoms with E-state index in [9.17, 15) is 4.79 Å². The molecule has 3 heteroatoms. The molecule has 1 amide bonds. The molecule has 3 nitrogen and oxygen atoms in total. The number of fused-ring (bicyclic) bond motifs is 1. The van der Waals surface area contributed by atoms with Crippen LogP contribution >= 0.6 is 0 Å². The van der Waals surface area contributed by atoms with Gasteiger partial charge in [0, 0.05) is 23.8 Å². The van der Waals surface area contributed by atoms with Gasteiger partial charge in [0.2, 0.25) is 0 Å². The average molecular weight is 284 g/mol. The number of nitrogens with zero attached hydrogens (tertiary/aromatic N) is 1. The molecule has 0 aromatic heterocycles. The summed E-state index contributed by atoms with van der Waals surface area (Å²) < 4.78 is 0. The van der Waals surface area contributed by atoms with Crippen molar-refractivity contribution in [2.75, 3.05) is 12.3 Å². The zero-order valence-electron chi connectivity index (χ0n) is 12.7. The zero-order valence-corrected chi connectivity index (χ0v) is 12.7. The van der Waals surface area contributed by atoms with Crippen molar-refractivity contribution in [1.82, 2.24) is 4.90 Å². The summed E-state index contributed by atoms with van der Waals surface area (Å²) in [5.74, 6) is 2.67. The highest BCUT2D eigenvalue weighted by Crippen LogP contribution is 2.47. The lowest BCUT2D eigenvalue weighted by Gasteiger charge is -2.39. The van der Waals surface area contributed by atoms with Gasteiger partial charge in [-0.1, -0.05) is 6.07 Å². The Morgan fingerprint density at radius 2 is 1.76 bits per heavy atom. The number of benzene rings is 1. The summed E-state index contributed by atoms with van der Waals surface area (Å²) in [6, 6.07) is 6.16. The molecule has 1 aromatic carbocycles. The van der Waals surface area contributed by atoms with Gasteiger partial charge in [-0.25, -0.2) is 0 Å². The molecule has 5 rings (SSSR count). The number of nitrogens with two attached hydrogens (primary N) is 1. The Hall–Kier alpha value is -1.51.